The largest absolute Gasteiger partial charge is 0.493 e. The van der Waals surface area contributed by atoms with Gasteiger partial charge in [-0.05, 0) is 76.5 Å². The third-order valence-electron chi connectivity index (χ3n) is 6.73. The van der Waals surface area contributed by atoms with Crippen molar-refractivity contribution >= 4 is 56.2 Å². The molecule has 0 aliphatic carbocycles. The number of nitrogens with zero attached hydrogens (tertiary/aromatic N) is 6. The summed E-state index contributed by atoms with van der Waals surface area (Å²) in [5, 5.41) is 13.1. The van der Waals surface area contributed by atoms with Crippen molar-refractivity contribution in [3.63, 3.8) is 0 Å². The Balaban J connectivity index is 1.30. The number of ether oxygens (including phenoxy) is 3. The van der Waals surface area contributed by atoms with Gasteiger partial charge in [-0.2, -0.15) is 20.2 Å². The van der Waals surface area contributed by atoms with Gasteiger partial charge in [-0.3, -0.25) is 0 Å². The van der Waals surface area contributed by atoms with Crippen LogP contribution in [0.3, 0.4) is 0 Å². The standard InChI is InChI=1S/C31H27BrN8O3/c1-19-7-9-23(22(32)15-19)36-29-37-30(40-11-13-42-14-12-40)39-31(38-29)43-26-10-8-20(17-27(26)41-2)16-21(18-33)28-34-24-5-3-4-6-25(24)35-28/h3-10,15-17H,11-14H2,1-2H3,(H,34,35)(H,36,37,38,39)/b21-16-. The Hall–Kier alpha value is -4.99. The molecule has 0 amide bonds. The van der Waals surface area contributed by atoms with E-state index in [-0.39, 0.29) is 6.01 Å². The van der Waals surface area contributed by atoms with E-state index in [4.69, 9.17) is 14.2 Å². The molecular formula is C31H27BrN8O3. The fraction of sp³-hybridized carbons (Fsp3) is 0.194. The molecule has 1 aliphatic rings. The molecule has 0 spiro atoms. The van der Waals surface area contributed by atoms with Gasteiger partial charge in [0, 0.05) is 17.6 Å². The molecule has 0 bridgehead atoms. The van der Waals surface area contributed by atoms with E-state index in [1.165, 1.54) is 0 Å². The number of nitriles is 1. The lowest BCUT2D eigenvalue weighted by Gasteiger charge is -2.27. The number of nitrogens with one attached hydrogen (secondary N) is 2. The van der Waals surface area contributed by atoms with Crippen LogP contribution in [0.1, 0.15) is 17.0 Å². The maximum absolute atomic E-state index is 9.86. The van der Waals surface area contributed by atoms with Crippen molar-refractivity contribution in [2.24, 2.45) is 0 Å². The van der Waals surface area contributed by atoms with Gasteiger partial charge in [-0.1, -0.05) is 24.3 Å². The molecule has 3 aromatic carbocycles. The summed E-state index contributed by atoms with van der Waals surface area (Å²) >= 11 is 3.60. The lowest BCUT2D eigenvalue weighted by atomic mass is 10.1. The summed E-state index contributed by atoms with van der Waals surface area (Å²) in [6.45, 7) is 4.47. The Morgan fingerprint density at radius 1 is 1.05 bits per heavy atom. The van der Waals surface area contributed by atoms with Crippen LogP contribution in [0.4, 0.5) is 17.6 Å². The maximum Gasteiger partial charge on any atom is 0.328 e. The molecule has 0 saturated carbocycles. The zero-order valence-electron chi connectivity index (χ0n) is 23.5. The summed E-state index contributed by atoms with van der Waals surface area (Å²) in [4.78, 5) is 23.6. The number of aromatic amines is 1. The van der Waals surface area contributed by atoms with Crippen LogP contribution >= 0.6 is 15.9 Å². The molecule has 216 valence electrons. The number of fused-ring (bicyclic) bond motifs is 1. The molecule has 0 atom stereocenters. The Kier molecular flexibility index (Phi) is 8.17. The quantitative estimate of drug-likeness (QED) is 0.187. The van der Waals surface area contributed by atoms with Crippen LogP contribution in [0, 0.1) is 18.3 Å². The molecule has 0 unspecified atom stereocenters. The fourth-order valence-corrected chi connectivity index (χ4v) is 5.14. The predicted octanol–water partition coefficient (Wildman–Crippen LogP) is 6.26. The van der Waals surface area contributed by atoms with Gasteiger partial charge in [0.25, 0.3) is 0 Å². The number of benzene rings is 3. The third-order valence-corrected chi connectivity index (χ3v) is 7.39. The van der Waals surface area contributed by atoms with Crippen LogP contribution in [0.2, 0.25) is 0 Å². The van der Waals surface area contributed by atoms with Gasteiger partial charge in [0.05, 0.1) is 42.6 Å². The molecule has 2 N–H and O–H groups in total. The first-order valence-electron chi connectivity index (χ1n) is 13.5. The molecule has 2 aromatic heterocycles. The second-order valence-electron chi connectivity index (χ2n) is 9.73. The number of aromatic nitrogens is 5. The monoisotopic (exact) mass is 638 g/mol. The minimum atomic E-state index is 0.101. The van der Waals surface area contributed by atoms with Gasteiger partial charge in [0.2, 0.25) is 11.9 Å². The average molecular weight is 640 g/mol. The van der Waals surface area contributed by atoms with Gasteiger partial charge in [0.1, 0.15) is 11.9 Å². The number of hydrogen-bond donors (Lipinski definition) is 2. The number of halogens is 1. The molecule has 1 fully saturated rings. The van der Waals surface area contributed by atoms with E-state index in [9.17, 15) is 5.26 Å². The molecule has 1 saturated heterocycles. The first kappa shape index (κ1) is 28.1. The van der Waals surface area contributed by atoms with Crippen molar-refractivity contribution in [3.05, 3.63) is 82.1 Å². The van der Waals surface area contributed by atoms with Crippen molar-refractivity contribution in [2.45, 2.75) is 6.92 Å². The number of aryl methyl sites for hydroxylation is 1. The summed E-state index contributed by atoms with van der Waals surface area (Å²) in [7, 11) is 1.55. The van der Waals surface area contributed by atoms with Gasteiger partial charge in [-0.25, -0.2) is 4.98 Å². The van der Waals surface area contributed by atoms with Crippen molar-refractivity contribution in [1.29, 1.82) is 5.26 Å². The molecule has 12 heteroatoms. The van der Waals surface area contributed by atoms with Crippen molar-refractivity contribution in [3.8, 4) is 23.6 Å². The number of methoxy groups -OCH3 is 1. The highest BCUT2D eigenvalue weighted by molar-refractivity contribution is 9.10. The van der Waals surface area contributed by atoms with Crippen LogP contribution in [0.15, 0.2) is 65.1 Å². The minimum absolute atomic E-state index is 0.101. The topological polar surface area (TPSA) is 134 Å². The minimum Gasteiger partial charge on any atom is -0.493 e. The molecule has 1 aliphatic heterocycles. The Morgan fingerprint density at radius 2 is 1.88 bits per heavy atom. The second kappa shape index (κ2) is 12.5. The highest BCUT2D eigenvalue weighted by Gasteiger charge is 2.19. The molecular weight excluding hydrogens is 612 g/mol. The van der Waals surface area contributed by atoms with Crippen LogP contribution in [0.25, 0.3) is 22.7 Å². The lowest BCUT2D eigenvalue weighted by Crippen LogP contribution is -2.37. The van der Waals surface area contributed by atoms with E-state index < -0.39 is 0 Å². The molecule has 43 heavy (non-hydrogen) atoms. The summed E-state index contributed by atoms with van der Waals surface area (Å²) in [5.74, 6) is 2.15. The van der Waals surface area contributed by atoms with Crippen molar-refractivity contribution < 1.29 is 14.2 Å². The summed E-state index contributed by atoms with van der Waals surface area (Å²) in [6, 6.07) is 21.3. The van der Waals surface area contributed by atoms with Gasteiger partial charge < -0.3 is 29.4 Å². The van der Waals surface area contributed by atoms with Gasteiger partial charge in [-0.15, -0.1) is 0 Å². The molecule has 5 aromatic rings. The summed E-state index contributed by atoms with van der Waals surface area (Å²) in [6.07, 6.45) is 1.74. The maximum atomic E-state index is 9.86. The number of H-pyrrole nitrogens is 1. The van der Waals surface area contributed by atoms with Crippen molar-refractivity contribution in [2.75, 3.05) is 43.6 Å². The molecule has 6 rings (SSSR count). The molecule has 11 nitrogen and oxygen atoms in total. The Morgan fingerprint density at radius 3 is 2.65 bits per heavy atom. The van der Waals surface area contributed by atoms with Gasteiger partial charge in [0.15, 0.2) is 11.5 Å². The summed E-state index contributed by atoms with van der Waals surface area (Å²) < 4.78 is 18.2. The number of rotatable bonds is 8. The zero-order chi connectivity index (χ0) is 29.8. The molecule has 0 radical (unpaired) electrons. The zero-order valence-corrected chi connectivity index (χ0v) is 25.1. The van der Waals surface area contributed by atoms with E-state index in [2.05, 4.69) is 52.2 Å². The van der Waals surface area contributed by atoms with Crippen LogP contribution in [0.5, 0.6) is 17.5 Å². The van der Waals surface area contributed by atoms with Crippen LogP contribution < -0.4 is 19.7 Å². The van der Waals surface area contributed by atoms with E-state index >= 15 is 0 Å². The first-order chi connectivity index (χ1) is 21.0. The number of allylic oxidation sites excluding steroid dienone is 1. The van der Waals surface area contributed by atoms with E-state index in [1.54, 1.807) is 25.3 Å². The lowest BCUT2D eigenvalue weighted by molar-refractivity contribution is 0.122. The number of imidazole rings is 1. The second-order valence-corrected chi connectivity index (χ2v) is 10.6. The number of hydrogen-bond acceptors (Lipinski definition) is 10. The predicted molar refractivity (Wildman–Crippen MR) is 168 cm³/mol. The van der Waals surface area contributed by atoms with E-state index in [1.807, 2.05) is 60.4 Å². The third kappa shape index (κ3) is 6.43. The summed E-state index contributed by atoms with van der Waals surface area (Å²) in [5.41, 5.74) is 4.70. The average Bonchev–Trinajstić information content (AvgIpc) is 3.46. The van der Waals surface area contributed by atoms with E-state index in [0.29, 0.717) is 61.1 Å². The number of para-hydroxylation sites is 2. The number of morpholine rings is 1. The van der Waals surface area contributed by atoms with Crippen molar-refractivity contribution in [1.82, 2.24) is 24.9 Å². The van der Waals surface area contributed by atoms with Crippen LogP contribution in [-0.2, 0) is 4.74 Å². The SMILES string of the molecule is COc1cc(/C=C(/C#N)c2nc3ccccc3[nH]2)ccc1Oc1nc(Nc2ccc(C)cc2Br)nc(N2CCOCC2)n1. The van der Waals surface area contributed by atoms with Crippen LogP contribution in [-0.4, -0.2) is 58.3 Å². The normalized spacial score (nSPS) is 13.5. The first-order valence-corrected chi connectivity index (χ1v) is 14.3. The Labute approximate surface area is 256 Å². The molecule has 3 heterocycles. The van der Waals surface area contributed by atoms with Gasteiger partial charge >= 0.3 is 6.01 Å². The fourth-order valence-electron chi connectivity index (χ4n) is 4.55. The highest BCUT2D eigenvalue weighted by Crippen LogP contribution is 2.34. The van der Waals surface area contributed by atoms with E-state index in [0.717, 1.165) is 32.3 Å². The highest BCUT2D eigenvalue weighted by atomic mass is 79.9. The Bertz CT molecular complexity index is 1830. The number of anilines is 3. The smallest absolute Gasteiger partial charge is 0.328 e.